The summed E-state index contributed by atoms with van der Waals surface area (Å²) in [7, 11) is 3.22. The second-order valence-corrected chi connectivity index (χ2v) is 6.85. The predicted molar refractivity (Wildman–Crippen MR) is 123 cm³/mol. The molecule has 10 nitrogen and oxygen atoms in total. The molecule has 2 N–H and O–H groups in total. The average Bonchev–Trinajstić information content (AvgIpc) is 2.85. The van der Waals surface area contributed by atoms with Gasteiger partial charge in [-0.3, -0.25) is 0 Å². The lowest BCUT2D eigenvalue weighted by molar-refractivity contribution is 0.122. The normalized spacial score (nSPS) is 13.8. The number of morpholine rings is 1. The molecule has 4 rings (SSSR count). The number of aromatic nitrogens is 3. The highest BCUT2D eigenvalue weighted by Gasteiger charge is 2.16. The topological polar surface area (TPSA) is 106 Å². The van der Waals surface area contributed by atoms with Crippen molar-refractivity contribution in [2.45, 2.75) is 0 Å². The molecular formula is C22H25N7O3. The van der Waals surface area contributed by atoms with E-state index in [4.69, 9.17) is 14.2 Å². The van der Waals surface area contributed by atoms with Gasteiger partial charge in [-0.15, -0.1) is 0 Å². The molecule has 0 spiro atoms. The monoisotopic (exact) mass is 435 g/mol. The molecule has 2 aromatic carbocycles. The molecule has 1 aliphatic rings. The summed E-state index contributed by atoms with van der Waals surface area (Å²) in [6, 6.07) is 15.2. The first-order valence-electron chi connectivity index (χ1n) is 10.2. The summed E-state index contributed by atoms with van der Waals surface area (Å²) in [5, 5.41) is 7.51. The molecule has 3 aromatic rings. The van der Waals surface area contributed by atoms with Crippen LogP contribution in [0.15, 0.2) is 53.6 Å². The largest absolute Gasteiger partial charge is 0.497 e. The van der Waals surface area contributed by atoms with Gasteiger partial charge < -0.3 is 24.4 Å². The molecule has 0 saturated carbocycles. The molecule has 32 heavy (non-hydrogen) atoms. The number of para-hydroxylation sites is 1. The van der Waals surface area contributed by atoms with Crippen LogP contribution in [-0.2, 0) is 4.74 Å². The van der Waals surface area contributed by atoms with Crippen molar-refractivity contribution in [2.24, 2.45) is 5.10 Å². The molecule has 0 aliphatic carbocycles. The number of nitrogens with one attached hydrogen (secondary N) is 2. The third-order valence-electron chi connectivity index (χ3n) is 4.75. The minimum atomic E-state index is 0.318. The Morgan fingerprint density at radius 3 is 2.50 bits per heavy atom. The SMILES string of the molecule is COc1ccc(OC)c(/C=N/Nc2nc(Nc3ccccc3)nc(N3CCOCC3)n2)c1. The van der Waals surface area contributed by atoms with Crippen LogP contribution in [0.3, 0.4) is 0 Å². The van der Waals surface area contributed by atoms with Gasteiger partial charge >= 0.3 is 0 Å². The molecular weight excluding hydrogens is 410 g/mol. The summed E-state index contributed by atoms with van der Waals surface area (Å²) in [5.74, 6) is 2.67. The minimum absolute atomic E-state index is 0.318. The minimum Gasteiger partial charge on any atom is -0.497 e. The van der Waals surface area contributed by atoms with E-state index in [2.05, 4.69) is 35.7 Å². The summed E-state index contributed by atoms with van der Waals surface area (Å²) in [6.07, 6.45) is 1.63. The Balaban J connectivity index is 1.58. The maximum Gasteiger partial charge on any atom is 0.250 e. The van der Waals surface area contributed by atoms with Gasteiger partial charge in [0.15, 0.2) is 0 Å². The highest BCUT2D eigenvalue weighted by molar-refractivity contribution is 5.84. The quantitative estimate of drug-likeness (QED) is 0.408. The number of hydrazone groups is 1. The van der Waals surface area contributed by atoms with E-state index in [1.54, 1.807) is 20.4 Å². The number of ether oxygens (including phenoxy) is 3. The van der Waals surface area contributed by atoms with Crippen LogP contribution >= 0.6 is 0 Å². The summed E-state index contributed by atoms with van der Waals surface area (Å²) in [4.78, 5) is 15.6. The molecule has 1 aliphatic heterocycles. The molecule has 0 amide bonds. The Morgan fingerprint density at radius 1 is 0.969 bits per heavy atom. The zero-order chi connectivity index (χ0) is 22.2. The van der Waals surface area contributed by atoms with Crippen LogP contribution in [0.2, 0.25) is 0 Å². The maximum atomic E-state index is 5.44. The number of hydrogen-bond acceptors (Lipinski definition) is 10. The van der Waals surface area contributed by atoms with Crippen molar-refractivity contribution in [1.82, 2.24) is 15.0 Å². The molecule has 1 aromatic heterocycles. The van der Waals surface area contributed by atoms with Gasteiger partial charge in [0, 0.05) is 24.3 Å². The number of hydrogen-bond donors (Lipinski definition) is 2. The standard InChI is InChI=1S/C22H25N7O3/c1-30-18-8-9-19(31-2)16(14-18)15-23-28-21-25-20(24-17-6-4-3-5-7-17)26-22(27-21)29-10-12-32-13-11-29/h3-9,14-15H,10-13H2,1-2H3,(H2,24,25,26,27,28)/b23-15+. The van der Waals surface area contributed by atoms with E-state index in [0.717, 1.165) is 11.3 Å². The van der Waals surface area contributed by atoms with Crippen molar-refractivity contribution in [3.63, 3.8) is 0 Å². The van der Waals surface area contributed by atoms with Gasteiger partial charge in [-0.1, -0.05) is 18.2 Å². The number of nitrogens with zero attached hydrogens (tertiary/aromatic N) is 5. The predicted octanol–water partition coefficient (Wildman–Crippen LogP) is 2.92. The Kier molecular flexibility index (Phi) is 6.93. The Morgan fingerprint density at radius 2 is 1.75 bits per heavy atom. The summed E-state index contributed by atoms with van der Waals surface area (Å²) in [5.41, 5.74) is 4.53. The number of methoxy groups -OCH3 is 2. The number of rotatable bonds is 8. The molecule has 0 bridgehead atoms. The van der Waals surface area contributed by atoms with Gasteiger partial charge in [0.05, 0.1) is 33.6 Å². The van der Waals surface area contributed by atoms with Gasteiger partial charge in [0.25, 0.3) is 0 Å². The molecule has 10 heteroatoms. The second kappa shape index (κ2) is 10.4. The molecule has 166 valence electrons. The van der Waals surface area contributed by atoms with Gasteiger partial charge in [0.1, 0.15) is 11.5 Å². The smallest absolute Gasteiger partial charge is 0.250 e. The lowest BCUT2D eigenvalue weighted by atomic mass is 10.2. The average molecular weight is 435 g/mol. The fraction of sp³-hybridized carbons (Fsp3) is 0.273. The van der Waals surface area contributed by atoms with Crippen molar-refractivity contribution >= 4 is 29.7 Å². The van der Waals surface area contributed by atoms with Crippen LogP contribution < -0.4 is 25.1 Å². The van der Waals surface area contributed by atoms with Crippen molar-refractivity contribution in [1.29, 1.82) is 0 Å². The van der Waals surface area contributed by atoms with Crippen LogP contribution in [0, 0.1) is 0 Å². The van der Waals surface area contributed by atoms with E-state index < -0.39 is 0 Å². The van der Waals surface area contributed by atoms with Crippen molar-refractivity contribution < 1.29 is 14.2 Å². The molecule has 2 heterocycles. The number of benzene rings is 2. The first-order valence-corrected chi connectivity index (χ1v) is 10.2. The van der Waals surface area contributed by atoms with Crippen LogP contribution in [0.1, 0.15) is 5.56 Å². The first kappa shape index (κ1) is 21.3. The molecule has 1 fully saturated rings. The molecule has 0 atom stereocenters. The van der Waals surface area contributed by atoms with E-state index in [-0.39, 0.29) is 0 Å². The number of anilines is 4. The van der Waals surface area contributed by atoms with Gasteiger partial charge in [-0.05, 0) is 30.3 Å². The highest BCUT2D eigenvalue weighted by Crippen LogP contribution is 2.23. The van der Waals surface area contributed by atoms with Crippen LogP contribution in [0.4, 0.5) is 23.5 Å². The van der Waals surface area contributed by atoms with E-state index in [9.17, 15) is 0 Å². The Hall–Kier alpha value is -3.92. The van der Waals surface area contributed by atoms with Crippen LogP contribution in [0.25, 0.3) is 0 Å². The van der Waals surface area contributed by atoms with E-state index in [0.29, 0.717) is 55.6 Å². The summed E-state index contributed by atoms with van der Waals surface area (Å²) < 4.78 is 16.1. The van der Waals surface area contributed by atoms with Gasteiger partial charge in [0.2, 0.25) is 17.8 Å². The maximum absolute atomic E-state index is 5.44. The van der Waals surface area contributed by atoms with Crippen molar-refractivity contribution in [3.05, 3.63) is 54.1 Å². The fourth-order valence-electron chi connectivity index (χ4n) is 3.13. The third-order valence-corrected chi connectivity index (χ3v) is 4.75. The molecule has 0 radical (unpaired) electrons. The van der Waals surface area contributed by atoms with Crippen molar-refractivity contribution in [3.8, 4) is 11.5 Å². The van der Waals surface area contributed by atoms with Gasteiger partial charge in [-0.2, -0.15) is 20.1 Å². The third kappa shape index (κ3) is 5.41. The molecule has 1 saturated heterocycles. The van der Waals surface area contributed by atoms with E-state index >= 15 is 0 Å². The van der Waals surface area contributed by atoms with E-state index in [1.807, 2.05) is 48.5 Å². The van der Waals surface area contributed by atoms with Crippen LogP contribution in [-0.4, -0.2) is 61.7 Å². The lowest BCUT2D eigenvalue weighted by Gasteiger charge is -2.27. The summed E-state index contributed by atoms with van der Waals surface area (Å²) >= 11 is 0. The molecule has 0 unspecified atom stereocenters. The van der Waals surface area contributed by atoms with E-state index in [1.165, 1.54) is 0 Å². The zero-order valence-electron chi connectivity index (χ0n) is 18.0. The van der Waals surface area contributed by atoms with Crippen LogP contribution in [0.5, 0.6) is 11.5 Å². The lowest BCUT2D eigenvalue weighted by Crippen LogP contribution is -2.37. The van der Waals surface area contributed by atoms with Crippen molar-refractivity contribution in [2.75, 3.05) is 56.2 Å². The highest BCUT2D eigenvalue weighted by atomic mass is 16.5. The first-order chi connectivity index (χ1) is 15.7. The Labute approximate surface area is 186 Å². The fourth-order valence-corrected chi connectivity index (χ4v) is 3.13. The summed E-state index contributed by atoms with van der Waals surface area (Å²) in [6.45, 7) is 2.67. The zero-order valence-corrected chi connectivity index (χ0v) is 18.0. The van der Waals surface area contributed by atoms with Gasteiger partial charge in [-0.25, -0.2) is 5.43 Å². The Bertz CT molecular complexity index is 1060. The second-order valence-electron chi connectivity index (χ2n) is 6.85.